The van der Waals surface area contributed by atoms with E-state index in [4.69, 9.17) is 5.73 Å². The third-order valence-electron chi connectivity index (χ3n) is 3.11. The lowest BCUT2D eigenvalue weighted by Crippen LogP contribution is -2.50. The van der Waals surface area contributed by atoms with Gasteiger partial charge in [-0.1, -0.05) is 36.4 Å². The van der Waals surface area contributed by atoms with Crippen molar-refractivity contribution in [2.75, 3.05) is 0 Å². The van der Waals surface area contributed by atoms with Gasteiger partial charge in [0, 0.05) is 18.3 Å². The SMILES string of the molecule is N[C@@H](Cc1ccccc1)C(=O)NC(S)(S)Cc1ccccn1. The molecule has 0 saturated heterocycles. The van der Waals surface area contributed by atoms with Crippen LogP contribution in [0, 0.1) is 0 Å². The highest BCUT2D eigenvalue weighted by molar-refractivity contribution is 8.00. The van der Waals surface area contributed by atoms with Gasteiger partial charge in [0.2, 0.25) is 5.91 Å². The third-order valence-corrected chi connectivity index (χ3v) is 3.65. The van der Waals surface area contributed by atoms with E-state index in [0.717, 1.165) is 11.3 Å². The van der Waals surface area contributed by atoms with Crippen LogP contribution in [-0.4, -0.2) is 21.1 Å². The van der Waals surface area contributed by atoms with Crippen molar-refractivity contribution < 1.29 is 4.79 Å². The van der Waals surface area contributed by atoms with Gasteiger partial charge < -0.3 is 11.1 Å². The highest BCUT2D eigenvalue weighted by Gasteiger charge is 2.26. The Morgan fingerprint density at radius 3 is 2.50 bits per heavy atom. The van der Waals surface area contributed by atoms with Crippen molar-refractivity contribution in [3.05, 3.63) is 66.0 Å². The number of nitrogens with two attached hydrogens (primary N) is 1. The first kappa shape index (κ1) is 16.9. The minimum Gasteiger partial charge on any atom is -0.332 e. The molecule has 3 N–H and O–H groups in total. The fourth-order valence-electron chi connectivity index (χ4n) is 2.05. The van der Waals surface area contributed by atoms with E-state index in [2.05, 4.69) is 35.6 Å². The van der Waals surface area contributed by atoms with Crippen molar-refractivity contribution in [3.8, 4) is 0 Å². The van der Waals surface area contributed by atoms with E-state index in [0.29, 0.717) is 12.8 Å². The average Bonchev–Trinajstić information content (AvgIpc) is 2.48. The third kappa shape index (κ3) is 5.36. The average molecular weight is 333 g/mol. The zero-order chi connectivity index (χ0) is 16.0. The van der Waals surface area contributed by atoms with Crippen molar-refractivity contribution in [2.45, 2.75) is 23.1 Å². The molecule has 4 nitrogen and oxygen atoms in total. The first-order valence-electron chi connectivity index (χ1n) is 6.92. The summed E-state index contributed by atoms with van der Waals surface area (Å²) in [5, 5.41) is 2.75. The highest BCUT2D eigenvalue weighted by atomic mass is 32.2. The van der Waals surface area contributed by atoms with Gasteiger partial charge in [-0.3, -0.25) is 9.78 Å². The second kappa shape index (κ2) is 7.67. The molecule has 1 heterocycles. The van der Waals surface area contributed by atoms with Crippen LogP contribution in [0.25, 0.3) is 0 Å². The molecule has 0 unspecified atom stereocenters. The number of pyridine rings is 1. The lowest BCUT2D eigenvalue weighted by molar-refractivity contribution is -0.122. The van der Waals surface area contributed by atoms with Crippen molar-refractivity contribution >= 4 is 31.2 Å². The van der Waals surface area contributed by atoms with Crippen LogP contribution >= 0.6 is 25.3 Å². The van der Waals surface area contributed by atoms with Crippen molar-refractivity contribution in [2.24, 2.45) is 5.73 Å². The van der Waals surface area contributed by atoms with E-state index < -0.39 is 10.2 Å². The Morgan fingerprint density at radius 1 is 1.18 bits per heavy atom. The Hall–Kier alpha value is -1.50. The number of carbonyl (C=O) groups is 1. The number of rotatable bonds is 6. The van der Waals surface area contributed by atoms with E-state index >= 15 is 0 Å². The molecule has 116 valence electrons. The molecule has 0 spiro atoms. The molecule has 0 aliphatic rings. The molecule has 6 heteroatoms. The fourth-order valence-corrected chi connectivity index (χ4v) is 2.59. The topological polar surface area (TPSA) is 68.0 Å². The van der Waals surface area contributed by atoms with Crippen LogP contribution in [0.5, 0.6) is 0 Å². The first-order valence-corrected chi connectivity index (χ1v) is 7.82. The molecule has 0 fully saturated rings. The monoisotopic (exact) mass is 333 g/mol. The Kier molecular flexibility index (Phi) is 5.88. The molecule has 2 aromatic rings. The van der Waals surface area contributed by atoms with Gasteiger partial charge in [0.1, 0.15) is 4.20 Å². The van der Waals surface area contributed by atoms with Crippen molar-refractivity contribution in [1.82, 2.24) is 10.3 Å². The number of aromatic nitrogens is 1. The van der Waals surface area contributed by atoms with E-state index in [9.17, 15) is 4.79 Å². The maximum Gasteiger partial charge on any atom is 0.238 e. The van der Waals surface area contributed by atoms with Crippen LogP contribution in [0.4, 0.5) is 0 Å². The van der Waals surface area contributed by atoms with Crippen LogP contribution in [0.2, 0.25) is 0 Å². The molecule has 0 radical (unpaired) electrons. The first-order chi connectivity index (χ1) is 10.5. The smallest absolute Gasteiger partial charge is 0.238 e. The molecular weight excluding hydrogens is 314 g/mol. The lowest BCUT2D eigenvalue weighted by Gasteiger charge is -2.25. The van der Waals surface area contributed by atoms with Gasteiger partial charge in [0.15, 0.2) is 0 Å². The van der Waals surface area contributed by atoms with Crippen LogP contribution in [0.1, 0.15) is 11.3 Å². The van der Waals surface area contributed by atoms with E-state index in [-0.39, 0.29) is 5.91 Å². The summed E-state index contributed by atoms with van der Waals surface area (Å²) in [4.78, 5) is 16.4. The predicted molar refractivity (Wildman–Crippen MR) is 94.9 cm³/mol. The maximum absolute atomic E-state index is 12.2. The highest BCUT2D eigenvalue weighted by Crippen LogP contribution is 2.21. The number of hydrogen-bond donors (Lipinski definition) is 4. The zero-order valence-corrected chi connectivity index (χ0v) is 13.8. The van der Waals surface area contributed by atoms with Gasteiger partial charge in [0.25, 0.3) is 0 Å². The molecule has 0 aliphatic heterocycles. The summed E-state index contributed by atoms with van der Waals surface area (Å²) >= 11 is 8.79. The van der Waals surface area contributed by atoms with E-state index in [1.165, 1.54) is 0 Å². The number of benzene rings is 1. The summed E-state index contributed by atoms with van der Waals surface area (Å²) < 4.78 is -1.00. The summed E-state index contributed by atoms with van der Waals surface area (Å²) in [6, 6.07) is 14.6. The normalized spacial score (nSPS) is 12.7. The quantitative estimate of drug-likeness (QED) is 0.481. The Morgan fingerprint density at radius 2 is 1.86 bits per heavy atom. The predicted octanol–water partition coefficient (Wildman–Crippen LogP) is 1.82. The number of hydrogen-bond acceptors (Lipinski definition) is 5. The minimum absolute atomic E-state index is 0.287. The molecule has 1 aromatic heterocycles. The van der Waals surface area contributed by atoms with Gasteiger partial charge >= 0.3 is 0 Å². The van der Waals surface area contributed by atoms with E-state index in [1.807, 2.05) is 48.5 Å². The number of nitrogens with one attached hydrogen (secondary N) is 1. The summed E-state index contributed by atoms with van der Waals surface area (Å²) in [5.74, 6) is -0.287. The van der Waals surface area contributed by atoms with Crippen molar-refractivity contribution in [1.29, 1.82) is 0 Å². The molecule has 1 atom stereocenters. The molecular formula is C16H19N3OS2. The Balaban J connectivity index is 1.92. The molecule has 22 heavy (non-hydrogen) atoms. The fraction of sp³-hybridized carbons (Fsp3) is 0.250. The molecule has 1 aromatic carbocycles. The Bertz CT molecular complexity index is 605. The van der Waals surface area contributed by atoms with Gasteiger partial charge in [-0.15, -0.1) is 25.3 Å². The van der Waals surface area contributed by atoms with Crippen LogP contribution in [0.3, 0.4) is 0 Å². The minimum atomic E-state index is -1.00. The standard InChI is InChI=1S/C16H19N3OS2/c17-14(10-12-6-2-1-3-7-12)15(20)19-16(21,22)11-13-8-4-5-9-18-13/h1-9,14,21-22H,10-11,17H2,(H,19,20)/t14-/m0/s1. The number of amides is 1. The summed E-state index contributed by atoms with van der Waals surface area (Å²) in [6.07, 6.45) is 2.55. The molecule has 0 bridgehead atoms. The molecule has 0 aliphatic carbocycles. The van der Waals surface area contributed by atoms with Gasteiger partial charge in [-0.05, 0) is 24.1 Å². The second-order valence-corrected chi connectivity index (χ2v) is 6.98. The summed E-state index contributed by atoms with van der Waals surface area (Å²) in [5.41, 5.74) is 7.76. The van der Waals surface area contributed by atoms with Gasteiger partial charge in [-0.2, -0.15) is 0 Å². The lowest BCUT2D eigenvalue weighted by atomic mass is 10.1. The Labute approximate surface area is 141 Å². The number of thiol groups is 2. The summed E-state index contributed by atoms with van der Waals surface area (Å²) in [7, 11) is 0. The molecule has 1 amide bonds. The van der Waals surface area contributed by atoms with Gasteiger partial charge in [-0.25, -0.2) is 0 Å². The summed E-state index contributed by atoms with van der Waals surface area (Å²) in [6.45, 7) is 0. The van der Waals surface area contributed by atoms with Crippen LogP contribution < -0.4 is 11.1 Å². The molecule has 0 saturated carbocycles. The zero-order valence-electron chi connectivity index (χ0n) is 12.0. The van der Waals surface area contributed by atoms with Crippen LogP contribution in [0.15, 0.2) is 54.7 Å². The maximum atomic E-state index is 12.2. The van der Waals surface area contributed by atoms with Gasteiger partial charge in [0.05, 0.1) is 6.04 Å². The largest absolute Gasteiger partial charge is 0.332 e. The van der Waals surface area contributed by atoms with Crippen molar-refractivity contribution in [3.63, 3.8) is 0 Å². The number of carbonyl (C=O) groups excluding carboxylic acids is 1. The molecule has 2 rings (SSSR count). The van der Waals surface area contributed by atoms with E-state index in [1.54, 1.807) is 6.20 Å². The second-order valence-electron chi connectivity index (χ2n) is 5.10. The van der Waals surface area contributed by atoms with Crippen LogP contribution in [-0.2, 0) is 17.6 Å². The number of nitrogens with zero attached hydrogens (tertiary/aromatic N) is 1.